The number of carbonyl (C=O) groups is 2. The average Bonchev–Trinajstić information content (AvgIpc) is 2.79. The highest BCUT2D eigenvalue weighted by Crippen LogP contribution is 2.21. The lowest BCUT2D eigenvalue weighted by atomic mass is 10.2. The number of hydrogen-bond acceptors (Lipinski definition) is 3. The SMILES string of the molecule is COc1ccc2c(ccn2CC(=O)NC(C)CC(=O)O)c1. The molecule has 0 bridgehead atoms. The summed E-state index contributed by atoms with van der Waals surface area (Å²) >= 11 is 0. The van der Waals surface area contributed by atoms with Crippen molar-refractivity contribution in [2.45, 2.75) is 25.9 Å². The van der Waals surface area contributed by atoms with Crippen LogP contribution in [0, 0.1) is 0 Å². The molecule has 0 aliphatic rings. The molecule has 0 fully saturated rings. The number of nitrogens with zero attached hydrogens (tertiary/aromatic N) is 1. The highest BCUT2D eigenvalue weighted by molar-refractivity contribution is 5.84. The van der Waals surface area contributed by atoms with Crippen molar-refractivity contribution < 1.29 is 19.4 Å². The molecule has 0 saturated carbocycles. The maximum Gasteiger partial charge on any atom is 0.305 e. The van der Waals surface area contributed by atoms with Crippen LogP contribution in [0.1, 0.15) is 13.3 Å². The molecule has 2 N–H and O–H groups in total. The van der Waals surface area contributed by atoms with E-state index in [2.05, 4.69) is 5.32 Å². The summed E-state index contributed by atoms with van der Waals surface area (Å²) in [5.41, 5.74) is 0.928. The number of benzene rings is 1. The van der Waals surface area contributed by atoms with Gasteiger partial charge in [-0.05, 0) is 31.2 Å². The summed E-state index contributed by atoms with van der Waals surface area (Å²) in [6.07, 6.45) is 1.74. The van der Waals surface area contributed by atoms with Crippen LogP contribution in [0.15, 0.2) is 30.5 Å². The zero-order chi connectivity index (χ0) is 15.4. The Morgan fingerprint density at radius 2 is 2.14 bits per heavy atom. The van der Waals surface area contributed by atoms with Crippen molar-refractivity contribution in [1.82, 2.24) is 9.88 Å². The summed E-state index contributed by atoms with van der Waals surface area (Å²) in [4.78, 5) is 22.5. The van der Waals surface area contributed by atoms with Crippen molar-refractivity contribution >= 4 is 22.8 Å². The van der Waals surface area contributed by atoms with E-state index in [-0.39, 0.29) is 18.9 Å². The maximum absolute atomic E-state index is 11.9. The Morgan fingerprint density at radius 3 is 2.81 bits per heavy atom. The monoisotopic (exact) mass is 290 g/mol. The molecule has 0 radical (unpaired) electrons. The van der Waals surface area contributed by atoms with Gasteiger partial charge in [0.1, 0.15) is 12.3 Å². The van der Waals surface area contributed by atoms with Crippen LogP contribution in [0.25, 0.3) is 10.9 Å². The number of carboxylic acid groups (broad SMARTS) is 1. The van der Waals surface area contributed by atoms with E-state index in [9.17, 15) is 9.59 Å². The van der Waals surface area contributed by atoms with E-state index >= 15 is 0 Å². The Morgan fingerprint density at radius 1 is 1.38 bits per heavy atom. The quantitative estimate of drug-likeness (QED) is 0.847. The number of aliphatic carboxylic acids is 1. The second kappa shape index (κ2) is 6.30. The van der Waals surface area contributed by atoms with Crippen LogP contribution in [0.2, 0.25) is 0 Å². The van der Waals surface area contributed by atoms with Gasteiger partial charge in [-0.3, -0.25) is 9.59 Å². The molecule has 6 heteroatoms. The summed E-state index contributed by atoms with van der Waals surface area (Å²) in [6, 6.07) is 7.14. The second-order valence-electron chi connectivity index (χ2n) is 4.93. The van der Waals surface area contributed by atoms with Crippen molar-refractivity contribution in [3.8, 4) is 5.75 Å². The van der Waals surface area contributed by atoms with E-state index in [0.29, 0.717) is 0 Å². The van der Waals surface area contributed by atoms with E-state index in [1.807, 2.05) is 35.0 Å². The fourth-order valence-electron chi connectivity index (χ4n) is 2.23. The van der Waals surface area contributed by atoms with Crippen LogP contribution >= 0.6 is 0 Å². The minimum Gasteiger partial charge on any atom is -0.497 e. The van der Waals surface area contributed by atoms with E-state index in [0.717, 1.165) is 16.7 Å². The molecule has 112 valence electrons. The molecule has 2 aromatic rings. The fourth-order valence-corrected chi connectivity index (χ4v) is 2.23. The lowest BCUT2D eigenvalue weighted by Crippen LogP contribution is -2.36. The van der Waals surface area contributed by atoms with Crippen LogP contribution in [0.5, 0.6) is 5.75 Å². The molecule has 1 amide bonds. The van der Waals surface area contributed by atoms with Crippen molar-refractivity contribution in [3.63, 3.8) is 0 Å². The zero-order valence-electron chi connectivity index (χ0n) is 12.0. The minimum absolute atomic E-state index is 0.0879. The normalized spacial score (nSPS) is 12.1. The van der Waals surface area contributed by atoms with Crippen molar-refractivity contribution in [2.24, 2.45) is 0 Å². The number of nitrogens with one attached hydrogen (secondary N) is 1. The highest BCUT2D eigenvalue weighted by Gasteiger charge is 2.12. The molecule has 1 unspecified atom stereocenters. The Balaban J connectivity index is 2.06. The van der Waals surface area contributed by atoms with Crippen LogP contribution in [0.4, 0.5) is 0 Å². The number of carboxylic acids is 1. The van der Waals surface area contributed by atoms with E-state index in [1.165, 1.54) is 0 Å². The van der Waals surface area contributed by atoms with Gasteiger partial charge >= 0.3 is 5.97 Å². The number of fused-ring (bicyclic) bond motifs is 1. The van der Waals surface area contributed by atoms with Crippen LogP contribution in [-0.2, 0) is 16.1 Å². The molecule has 1 atom stereocenters. The molecule has 0 saturated heterocycles. The number of rotatable bonds is 6. The molecular weight excluding hydrogens is 272 g/mol. The van der Waals surface area contributed by atoms with Crippen molar-refractivity contribution in [1.29, 1.82) is 0 Å². The first-order valence-electron chi connectivity index (χ1n) is 6.63. The van der Waals surface area contributed by atoms with Gasteiger partial charge in [-0.1, -0.05) is 0 Å². The molecule has 1 aromatic carbocycles. The number of ether oxygens (including phenoxy) is 1. The molecule has 6 nitrogen and oxygen atoms in total. The highest BCUT2D eigenvalue weighted by atomic mass is 16.5. The van der Waals surface area contributed by atoms with Crippen molar-refractivity contribution in [3.05, 3.63) is 30.5 Å². The van der Waals surface area contributed by atoms with Gasteiger partial charge in [0, 0.05) is 23.1 Å². The molecule has 0 spiro atoms. The Hall–Kier alpha value is -2.50. The number of aromatic nitrogens is 1. The minimum atomic E-state index is -0.929. The predicted octanol–water partition coefficient (Wildman–Crippen LogP) is 1.63. The third-order valence-corrected chi connectivity index (χ3v) is 3.18. The standard InChI is InChI=1S/C15H18N2O4/c1-10(7-15(19)20)16-14(18)9-17-6-5-11-8-12(21-2)3-4-13(11)17/h3-6,8,10H,7,9H2,1-2H3,(H,16,18)(H,19,20). The van der Waals surface area contributed by atoms with Gasteiger partial charge in [-0.25, -0.2) is 0 Å². The van der Waals surface area contributed by atoms with Gasteiger partial charge in [0.15, 0.2) is 0 Å². The number of amides is 1. The molecule has 0 aliphatic carbocycles. The lowest BCUT2D eigenvalue weighted by Gasteiger charge is -2.12. The summed E-state index contributed by atoms with van der Waals surface area (Å²) < 4.78 is 6.98. The van der Waals surface area contributed by atoms with Gasteiger partial charge < -0.3 is 19.7 Å². The molecule has 2 rings (SSSR count). The Kier molecular flexibility index (Phi) is 4.47. The number of carbonyl (C=O) groups excluding carboxylic acids is 1. The first-order chi connectivity index (χ1) is 9.99. The summed E-state index contributed by atoms with van der Waals surface area (Å²) in [5, 5.41) is 12.3. The van der Waals surface area contributed by atoms with Gasteiger partial charge in [-0.15, -0.1) is 0 Å². The maximum atomic E-state index is 11.9. The fraction of sp³-hybridized carbons (Fsp3) is 0.333. The zero-order valence-corrected chi connectivity index (χ0v) is 12.0. The van der Waals surface area contributed by atoms with E-state index in [1.54, 1.807) is 14.0 Å². The van der Waals surface area contributed by atoms with Crippen LogP contribution in [-0.4, -0.2) is 34.7 Å². The van der Waals surface area contributed by atoms with Gasteiger partial charge in [0.05, 0.1) is 13.5 Å². The summed E-state index contributed by atoms with van der Waals surface area (Å²) in [7, 11) is 1.61. The summed E-state index contributed by atoms with van der Waals surface area (Å²) in [5.74, 6) is -0.377. The topological polar surface area (TPSA) is 80.6 Å². The average molecular weight is 290 g/mol. The van der Waals surface area contributed by atoms with Gasteiger partial charge in [-0.2, -0.15) is 0 Å². The molecule has 1 heterocycles. The number of hydrogen-bond donors (Lipinski definition) is 2. The predicted molar refractivity (Wildman–Crippen MR) is 78.3 cm³/mol. The summed E-state index contributed by atoms with van der Waals surface area (Å²) in [6.45, 7) is 1.82. The van der Waals surface area contributed by atoms with Gasteiger partial charge in [0.2, 0.25) is 5.91 Å². The van der Waals surface area contributed by atoms with Crippen LogP contribution < -0.4 is 10.1 Å². The van der Waals surface area contributed by atoms with E-state index < -0.39 is 12.0 Å². The Bertz CT molecular complexity index is 663. The molecular formula is C15H18N2O4. The first kappa shape index (κ1) is 14.9. The molecule has 0 aliphatic heterocycles. The third kappa shape index (κ3) is 3.75. The molecule has 1 aromatic heterocycles. The van der Waals surface area contributed by atoms with E-state index in [4.69, 9.17) is 9.84 Å². The van der Waals surface area contributed by atoms with Gasteiger partial charge in [0.25, 0.3) is 0 Å². The first-order valence-corrected chi connectivity index (χ1v) is 6.63. The smallest absolute Gasteiger partial charge is 0.305 e. The third-order valence-electron chi connectivity index (χ3n) is 3.18. The largest absolute Gasteiger partial charge is 0.497 e. The number of methoxy groups -OCH3 is 1. The van der Waals surface area contributed by atoms with Crippen molar-refractivity contribution in [2.75, 3.05) is 7.11 Å². The van der Waals surface area contributed by atoms with Crippen LogP contribution in [0.3, 0.4) is 0 Å². The Labute approximate surface area is 122 Å². The second-order valence-corrected chi connectivity index (χ2v) is 4.93. The molecule has 21 heavy (non-hydrogen) atoms. The lowest BCUT2D eigenvalue weighted by molar-refractivity contribution is -0.137.